The van der Waals surface area contributed by atoms with Gasteiger partial charge in [-0.1, -0.05) is 176 Å². The van der Waals surface area contributed by atoms with Gasteiger partial charge in [-0.05, 0) is 36.4 Å². The minimum absolute atomic E-state index is 1.22. The monoisotopic (exact) mass is 596 g/mol. The van der Waals surface area contributed by atoms with E-state index in [4.69, 9.17) is 0 Å². The average molecular weight is 597 g/mol. The molecule has 218 valence electrons. The number of benzene rings is 7. The second-order valence-electron chi connectivity index (χ2n) is 11.5. The predicted molar refractivity (Wildman–Crippen MR) is 201 cm³/mol. The van der Waals surface area contributed by atoms with Crippen LogP contribution in [0.1, 0.15) is 0 Å². The maximum Gasteiger partial charge on any atom is 0.109 e. The Morgan fingerprint density at radius 3 is 0.644 bits per heavy atom. The van der Waals surface area contributed by atoms with Crippen LogP contribution in [0.25, 0.3) is 0 Å². The molecule has 0 amide bonds. The zero-order chi connectivity index (χ0) is 30.8. The number of hydrogen-bond donors (Lipinski definition) is 0. The van der Waals surface area contributed by atoms with Crippen molar-refractivity contribution in [3.8, 4) is 0 Å². The molecule has 0 nitrogen and oxygen atoms in total. The van der Waals surface area contributed by atoms with Gasteiger partial charge in [0.15, 0.2) is 0 Å². The Kier molecular flexibility index (Phi) is 9.50. The molecule has 0 spiro atoms. The van der Waals surface area contributed by atoms with Crippen LogP contribution in [0.5, 0.6) is 0 Å². The highest BCUT2D eigenvalue weighted by Crippen LogP contribution is 2.51. The maximum atomic E-state index is 2.41. The Morgan fingerprint density at radius 2 is 0.444 bits per heavy atom. The third-order valence-electron chi connectivity index (χ3n) is 9.02. The van der Waals surface area contributed by atoms with Crippen molar-refractivity contribution in [1.29, 1.82) is 0 Å². The van der Waals surface area contributed by atoms with Crippen LogP contribution < -0.4 is 37.8 Å². The molecule has 0 saturated heterocycles. The Balaban J connectivity index is 0.000000163. The lowest BCUT2D eigenvalue weighted by Gasteiger charge is -2.44. The molecule has 0 aromatic heterocycles. The van der Waals surface area contributed by atoms with Crippen LogP contribution in [0.15, 0.2) is 212 Å². The van der Waals surface area contributed by atoms with Crippen molar-refractivity contribution in [3.63, 3.8) is 0 Å². The maximum absolute atomic E-state index is 2.41. The molecule has 7 aromatic carbocycles. The molecule has 2 heteroatoms. The van der Waals surface area contributed by atoms with E-state index >= 15 is 0 Å². The Labute approximate surface area is 269 Å². The number of rotatable bonds is 7. The topological polar surface area (TPSA) is 0 Å². The average Bonchev–Trinajstić information content (AvgIpc) is 3.15. The second kappa shape index (κ2) is 14.2. The molecule has 0 saturated carbocycles. The van der Waals surface area contributed by atoms with E-state index in [9.17, 15) is 0 Å². The summed E-state index contributed by atoms with van der Waals surface area (Å²) in [6, 6.07) is 76.2. The summed E-state index contributed by atoms with van der Waals surface area (Å²) in [4.78, 5) is 0. The molecule has 45 heavy (non-hydrogen) atoms. The van der Waals surface area contributed by atoms with E-state index in [0.717, 1.165) is 0 Å². The highest BCUT2D eigenvalue weighted by Gasteiger charge is 2.39. The van der Waals surface area contributed by atoms with E-state index in [2.05, 4.69) is 219 Å². The zero-order valence-electron chi connectivity index (χ0n) is 25.7. The highest BCUT2D eigenvalue weighted by molar-refractivity contribution is 7.95. The summed E-state index contributed by atoms with van der Waals surface area (Å²) in [5.74, 6) is 0. The summed E-state index contributed by atoms with van der Waals surface area (Å²) < 4.78 is 0. The number of hydrogen-bond acceptors (Lipinski definition) is 0. The van der Waals surface area contributed by atoms with Gasteiger partial charge in [0.1, 0.15) is 29.3 Å². The summed E-state index contributed by atoms with van der Waals surface area (Å²) in [6.45, 7) is 2.41. The smallest absolute Gasteiger partial charge is 0.109 e. The minimum atomic E-state index is -1.53. The fourth-order valence-corrected chi connectivity index (χ4v) is 9.95. The quantitative estimate of drug-likeness (QED) is 0.142. The van der Waals surface area contributed by atoms with Gasteiger partial charge < -0.3 is 0 Å². The van der Waals surface area contributed by atoms with E-state index in [1.807, 2.05) is 0 Å². The Bertz CT molecular complexity index is 1600. The molecule has 0 aliphatic rings. The molecule has 0 atom stereocenters. The first-order valence-electron chi connectivity index (χ1n) is 15.6. The largest absolute Gasteiger partial charge is 0.195 e. The summed E-state index contributed by atoms with van der Waals surface area (Å²) >= 11 is 0. The van der Waals surface area contributed by atoms with Crippen LogP contribution in [-0.2, 0) is 0 Å². The van der Waals surface area contributed by atoms with E-state index in [1.54, 1.807) is 0 Å². The van der Waals surface area contributed by atoms with Crippen LogP contribution in [0, 0.1) is 0 Å². The third kappa shape index (κ3) is 6.19. The first-order valence-corrected chi connectivity index (χ1v) is 17.9. The van der Waals surface area contributed by atoms with Crippen LogP contribution in [-0.4, -0.2) is 12.8 Å². The van der Waals surface area contributed by atoms with E-state index in [0.29, 0.717) is 0 Å². The van der Waals surface area contributed by atoms with Gasteiger partial charge in [0.05, 0.1) is 6.66 Å². The van der Waals surface area contributed by atoms with E-state index in [1.165, 1.54) is 37.8 Å². The summed E-state index contributed by atoms with van der Waals surface area (Å²) in [7, 11) is -1.53. The second-order valence-corrected chi connectivity index (χ2v) is 15.1. The van der Waals surface area contributed by atoms with Gasteiger partial charge in [-0.25, -0.2) is 0 Å². The van der Waals surface area contributed by atoms with Crippen molar-refractivity contribution < 1.29 is 0 Å². The van der Waals surface area contributed by atoms with Crippen molar-refractivity contribution in [3.05, 3.63) is 212 Å². The van der Waals surface area contributed by atoms with E-state index < -0.39 is 13.4 Å². The molecule has 0 radical (unpaired) electrons. The van der Waals surface area contributed by atoms with E-state index in [-0.39, 0.29) is 0 Å². The van der Waals surface area contributed by atoms with Gasteiger partial charge in [0.25, 0.3) is 0 Å². The van der Waals surface area contributed by atoms with Gasteiger partial charge in [-0.2, -0.15) is 21.9 Å². The summed E-state index contributed by atoms with van der Waals surface area (Å²) in [6.07, 6.45) is -1.22. The Hall–Kier alpha value is -4.97. The van der Waals surface area contributed by atoms with Crippen molar-refractivity contribution in [2.75, 3.05) is 6.66 Å². The third-order valence-corrected chi connectivity index (χ3v) is 13.0. The molecule has 0 fully saturated rings. The summed E-state index contributed by atoms with van der Waals surface area (Å²) in [5.41, 5.74) is 5.36. The first kappa shape index (κ1) is 30.1. The molecule has 0 aliphatic heterocycles. The summed E-state index contributed by atoms with van der Waals surface area (Å²) in [5, 5.41) is 4.28. The van der Waals surface area contributed by atoms with Crippen LogP contribution in [0.4, 0.5) is 0 Å². The standard InChI is InChI=1S/C24H20B.C19H18P/c1-5-13-21(14-6-1)25(22-15-7-2-8-16-22,23-17-9-3-10-18-23)24-19-11-4-12-20-24;1-20(17-11-5-2-6-12-17,18-13-7-3-8-14-18)19-15-9-4-10-16-19/h1-20H;2-16H,1H3/q-1;+1. The molecule has 0 N–H and O–H groups in total. The molecular weight excluding hydrogens is 558 g/mol. The van der Waals surface area contributed by atoms with Gasteiger partial charge in [-0.3, -0.25) is 0 Å². The highest BCUT2D eigenvalue weighted by atomic mass is 31.2. The van der Waals surface area contributed by atoms with Crippen LogP contribution in [0.2, 0.25) is 0 Å². The normalized spacial score (nSPS) is 11.2. The molecule has 0 bridgehead atoms. The van der Waals surface area contributed by atoms with Crippen LogP contribution in [0.3, 0.4) is 0 Å². The fourth-order valence-electron chi connectivity index (χ4n) is 6.75. The van der Waals surface area contributed by atoms with Crippen molar-refractivity contribution >= 4 is 51.2 Å². The lowest BCUT2D eigenvalue weighted by Crippen LogP contribution is -2.74. The van der Waals surface area contributed by atoms with Gasteiger partial charge in [0, 0.05) is 0 Å². The molecule has 7 rings (SSSR count). The SMILES string of the molecule is C[P+](c1ccccc1)(c1ccccc1)c1ccccc1.c1ccc([B-](c2ccccc2)(c2ccccc2)c2ccccc2)cc1. The fraction of sp³-hybridized carbons (Fsp3) is 0.0233. The molecule has 7 aromatic rings. The van der Waals surface area contributed by atoms with Gasteiger partial charge in [0.2, 0.25) is 0 Å². The van der Waals surface area contributed by atoms with Crippen LogP contribution >= 0.6 is 7.26 Å². The first-order chi connectivity index (χ1) is 22.2. The zero-order valence-corrected chi connectivity index (χ0v) is 26.6. The van der Waals surface area contributed by atoms with Crippen molar-refractivity contribution in [1.82, 2.24) is 0 Å². The van der Waals surface area contributed by atoms with Crippen molar-refractivity contribution in [2.45, 2.75) is 0 Å². The van der Waals surface area contributed by atoms with Crippen molar-refractivity contribution in [2.24, 2.45) is 0 Å². The molecule has 0 unspecified atom stereocenters. The predicted octanol–water partition coefficient (Wildman–Crippen LogP) is 6.67. The molecular formula is C43H38BP. The molecule has 0 heterocycles. The van der Waals surface area contributed by atoms with Gasteiger partial charge >= 0.3 is 0 Å². The lowest BCUT2D eigenvalue weighted by atomic mass is 9.13. The molecule has 0 aliphatic carbocycles. The van der Waals surface area contributed by atoms with Gasteiger partial charge in [-0.15, -0.1) is 0 Å². The Morgan fingerprint density at radius 1 is 0.267 bits per heavy atom. The minimum Gasteiger partial charge on any atom is -0.195 e. The lowest BCUT2D eigenvalue weighted by molar-refractivity contribution is 1.66.